The predicted octanol–water partition coefficient (Wildman–Crippen LogP) is 3.00. The lowest BCUT2D eigenvalue weighted by Crippen LogP contribution is -2.27. The van der Waals surface area contributed by atoms with E-state index in [2.05, 4.69) is 10.6 Å². The Bertz CT molecular complexity index is 761. The van der Waals surface area contributed by atoms with Crippen LogP contribution in [0.3, 0.4) is 0 Å². The zero-order chi connectivity index (χ0) is 16.9. The molecule has 1 aliphatic heterocycles. The van der Waals surface area contributed by atoms with E-state index in [0.717, 1.165) is 11.3 Å². The monoisotopic (exact) mass is 326 g/mol. The normalized spacial score (nSPS) is 15.7. The summed E-state index contributed by atoms with van der Waals surface area (Å²) >= 11 is 0. The van der Waals surface area contributed by atoms with Crippen molar-refractivity contribution >= 4 is 17.5 Å². The summed E-state index contributed by atoms with van der Waals surface area (Å²) in [6, 6.07) is 14.0. The standard InChI is InChI=1S/C19H19FN2O2/c20-16-7-3-1-5-13(16)9-10-18(23)21-12-11-15-14-6-2-4-8-17(14)22-19(15)24/h1-8,15H,9-12H2,(H,21,23)(H,22,24). The van der Waals surface area contributed by atoms with Gasteiger partial charge in [-0.25, -0.2) is 4.39 Å². The molecule has 0 aliphatic carbocycles. The smallest absolute Gasteiger partial charge is 0.232 e. The van der Waals surface area contributed by atoms with Crippen molar-refractivity contribution in [1.29, 1.82) is 0 Å². The predicted molar refractivity (Wildman–Crippen MR) is 90.2 cm³/mol. The molecule has 2 aromatic carbocycles. The van der Waals surface area contributed by atoms with E-state index in [1.54, 1.807) is 18.2 Å². The van der Waals surface area contributed by atoms with Crippen LogP contribution in [-0.4, -0.2) is 18.4 Å². The molecule has 0 spiro atoms. The summed E-state index contributed by atoms with van der Waals surface area (Å²) in [5, 5.41) is 5.65. The van der Waals surface area contributed by atoms with Crippen LogP contribution in [0.15, 0.2) is 48.5 Å². The molecule has 2 amide bonds. The van der Waals surface area contributed by atoms with Gasteiger partial charge in [0.25, 0.3) is 0 Å². The van der Waals surface area contributed by atoms with Crippen molar-refractivity contribution in [2.24, 2.45) is 0 Å². The van der Waals surface area contributed by atoms with Crippen LogP contribution in [0.2, 0.25) is 0 Å². The van der Waals surface area contributed by atoms with Gasteiger partial charge in [-0.05, 0) is 36.1 Å². The third-order valence-electron chi connectivity index (χ3n) is 4.24. The Hall–Kier alpha value is -2.69. The number of hydrogen-bond donors (Lipinski definition) is 2. The van der Waals surface area contributed by atoms with Crippen LogP contribution < -0.4 is 10.6 Å². The molecule has 0 aromatic heterocycles. The molecule has 2 N–H and O–H groups in total. The quantitative estimate of drug-likeness (QED) is 0.857. The summed E-state index contributed by atoms with van der Waals surface area (Å²) in [6.45, 7) is 0.419. The Morgan fingerprint density at radius 3 is 2.71 bits per heavy atom. The molecule has 0 bridgehead atoms. The molecule has 0 saturated heterocycles. The van der Waals surface area contributed by atoms with Crippen LogP contribution in [0, 0.1) is 5.82 Å². The third-order valence-corrected chi connectivity index (χ3v) is 4.24. The van der Waals surface area contributed by atoms with Gasteiger partial charge in [0.1, 0.15) is 5.82 Å². The topological polar surface area (TPSA) is 58.2 Å². The number of rotatable bonds is 6. The number of hydrogen-bond acceptors (Lipinski definition) is 2. The van der Waals surface area contributed by atoms with E-state index in [0.29, 0.717) is 24.9 Å². The Morgan fingerprint density at radius 1 is 1.12 bits per heavy atom. The lowest BCUT2D eigenvalue weighted by atomic mass is 9.97. The van der Waals surface area contributed by atoms with E-state index in [1.807, 2.05) is 24.3 Å². The highest BCUT2D eigenvalue weighted by atomic mass is 19.1. The molecule has 24 heavy (non-hydrogen) atoms. The molecule has 0 radical (unpaired) electrons. The maximum atomic E-state index is 13.5. The highest BCUT2D eigenvalue weighted by Crippen LogP contribution is 2.33. The first-order valence-electron chi connectivity index (χ1n) is 8.05. The van der Waals surface area contributed by atoms with Crippen molar-refractivity contribution < 1.29 is 14.0 Å². The van der Waals surface area contributed by atoms with E-state index in [-0.39, 0.29) is 30.0 Å². The Balaban J connectivity index is 1.46. The van der Waals surface area contributed by atoms with Crippen molar-refractivity contribution in [2.45, 2.75) is 25.2 Å². The summed E-state index contributed by atoms with van der Waals surface area (Å²) in [5.74, 6) is -0.681. The Morgan fingerprint density at radius 2 is 1.88 bits per heavy atom. The number of carbonyl (C=O) groups excluding carboxylic acids is 2. The lowest BCUT2D eigenvalue weighted by Gasteiger charge is -2.10. The van der Waals surface area contributed by atoms with Gasteiger partial charge in [0.2, 0.25) is 11.8 Å². The maximum Gasteiger partial charge on any atom is 0.232 e. The molecular formula is C19H19FN2O2. The fraction of sp³-hybridized carbons (Fsp3) is 0.263. The van der Waals surface area contributed by atoms with E-state index in [4.69, 9.17) is 0 Å². The Kier molecular flexibility index (Phi) is 4.89. The summed E-state index contributed by atoms with van der Waals surface area (Å²) in [5.41, 5.74) is 2.36. The average molecular weight is 326 g/mol. The fourth-order valence-corrected chi connectivity index (χ4v) is 2.96. The van der Waals surface area contributed by atoms with Crippen LogP contribution in [-0.2, 0) is 16.0 Å². The van der Waals surface area contributed by atoms with Crippen LogP contribution in [0.1, 0.15) is 29.9 Å². The molecule has 124 valence electrons. The van der Waals surface area contributed by atoms with Gasteiger partial charge in [-0.3, -0.25) is 9.59 Å². The van der Waals surface area contributed by atoms with E-state index >= 15 is 0 Å². The Labute approximate surface area is 140 Å². The second kappa shape index (κ2) is 7.25. The largest absolute Gasteiger partial charge is 0.356 e. The number of benzene rings is 2. The van der Waals surface area contributed by atoms with Crippen LogP contribution in [0.4, 0.5) is 10.1 Å². The number of amides is 2. The highest BCUT2D eigenvalue weighted by molar-refractivity contribution is 6.02. The lowest BCUT2D eigenvalue weighted by molar-refractivity contribution is -0.121. The summed E-state index contributed by atoms with van der Waals surface area (Å²) in [6.07, 6.45) is 1.15. The molecule has 2 aromatic rings. The molecule has 1 aliphatic rings. The van der Waals surface area contributed by atoms with Crippen molar-refractivity contribution in [1.82, 2.24) is 5.32 Å². The average Bonchev–Trinajstić information content (AvgIpc) is 2.90. The van der Waals surface area contributed by atoms with Gasteiger partial charge in [0.15, 0.2) is 0 Å². The third kappa shape index (κ3) is 3.62. The molecule has 1 unspecified atom stereocenters. The number of carbonyl (C=O) groups is 2. The summed E-state index contributed by atoms with van der Waals surface area (Å²) < 4.78 is 13.5. The van der Waals surface area contributed by atoms with Gasteiger partial charge in [0, 0.05) is 18.7 Å². The molecule has 1 atom stereocenters. The number of nitrogens with one attached hydrogen (secondary N) is 2. The van der Waals surface area contributed by atoms with Gasteiger partial charge in [-0.2, -0.15) is 0 Å². The molecule has 5 heteroatoms. The molecule has 1 heterocycles. The molecule has 0 fully saturated rings. The molecule has 4 nitrogen and oxygen atoms in total. The second-order valence-electron chi connectivity index (χ2n) is 5.86. The minimum atomic E-state index is -0.287. The van der Waals surface area contributed by atoms with Crippen LogP contribution in [0.25, 0.3) is 0 Å². The minimum Gasteiger partial charge on any atom is -0.356 e. The van der Waals surface area contributed by atoms with Crippen molar-refractivity contribution in [3.05, 3.63) is 65.5 Å². The van der Waals surface area contributed by atoms with Gasteiger partial charge >= 0.3 is 0 Å². The first-order valence-corrected chi connectivity index (χ1v) is 8.05. The maximum absolute atomic E-state index is 13.5. The SMILES string of the molecule is O=C(CCc1ccccc1F)NCCC1C(=O)Nc2ccccc21. The first kappa shape index (κ1) is 16.2. The number of para-hydroxylation sites is 1. The summed E-state index contributed by atoms with van der Waals surface area (Å²) in [4.78, 5) is 23.9. The van der Waals surface area contributed by atoms with Crippen LogP contribution in [0.5, 0.6) is 0 Å². The van der Waals surface area contributed by atoms with Crippen molar-refractivity contribution in [2.75, 3.05) is 11.9 Å². The zero-order valence-electron chi connectivity index (χ0n) is 13.2. The zero-order valence-corrected chi connectivity index (χ0v) is 13.2. The minimum absolute atomic E-state index is 0.0307. The second-order valence-corrected chi connectivity index (χ2v) is 5.86. The number of halogens is 1. The molecule has 3 rings (SSSR count). The van der Waals surface area contributed by atoms with Crippen molar-refractivity contribution in [3.63, 3.8) is 0 Å². The van der Waals surface area contributed by atoms with Gasteiger partial charge < -0.3 is 10.6 Å². The number of fused-ring (bicyclic) bond motifs is 1. The number of aryl methyl sites for hydroxylation is 1. The van der Waals surface area contributed by atoms with E-state index in [1.165, 1.54) is 6.07 Å². The fourth-order valence-electron chi connectivity index (χ4n) is 2.96. The van der Waals surface area contributed by atoms with Crippen molar-refractivity contribution in [3.8, 4) is 0 Å². The number of anilines is 1. The van der Waals surface area contributed by atoms with E-state index < -0.39 is 0 Å². The van der Waals surface area contributed by atoms with Gasteiger partial charge in [0.05, 0.1) is 5.92 Å². The molecular weight excluding hydrogens is 307 g/mol. The first-order chi connectivity index (χ1) is 11.6. The van der Waals surface area contributed by atoms with Gasteiger partial charge in [-0.15, -0.1) is 0 Å². The highest BCUT2D eigenvalue weighted by Gasteiger charge is 2.29. The molecule has 0 saturated carbocycles. The summed E-state index contributed by atoms with van der Waals surface area (Å²) in [7, 11) is 0. The van der Waals surface area contributed by atoms with Crippen LogP contribution >= 0.6 is 0 Å². The van der Waals surface area contributed by atoms with E-state index in [9.17, 15) is 14.0 Å². The van der Waals surface area contributed by atoms with Gasteiger partial charge in [-0.1, -0.05) is 36.4 Å².